The van der Waals surface area contributed by atoms with Gasteiger partial charge in [0.1, 0.15) is 6.04 Å². The minimum absolute atomic E-state index is 0.352. The number of carbonyl (C=O) groups is 2. The first-order chi connectivity index (χ1) is 7.82. The molecule has 96 valence electrons. The summed E-state index contributed by atoms with van der Waals surface area (Å²) in [4.78, 5) is 21.9. The lowest BCUT2D eigenvalue weighted by Gasteiger charge is -2.07. The normalized spacial score (nSPS) is 12.8. The zero-order chi connectivity index (χ0) is 13.4. The number of rotatable bonds is 6. The number of allylic oxidation sites excluding steroid dienone is 3. The van der Waals surface area contributed by atoms with E-state index in [1.54, 1.807) is 0 Å². The molecule has 0 aliphatic carbocycles. The van der Waals surface area contributed by atoms with Gasteiger partial charge in [0.25, 0.3) is 0 Å². The lowest BCUT2D eigenvalue weighted by molar-refractivity contribution is -0.140. The highest BCUT2D eigenvalue weighted by molar-refractivity contribution is 5.91. The van der Waals surface area contributed by atoms with Crippen LogP contribution < -0.4 is 5.32 Å². The first-order valence-corrected chi connectivity index (χ1v) is 5.66. The van der Waals surface area contributed by atoms with Crippen LogP contribution in [-0.2, 0) is 9.59 Å². The molecule has 0 aliphatic rings. The van der Waals surface area contributed by atoms with Crippen molar-refractivity contribution >= 4 is 11.9 Å². The second-order valence-corrected chi connectivity index (χ2v) is 4.38. The number of carbonyl (C=O) groups excluding carboxylic acids is 1. The van der Waals surface area contributed by atoms with Crippen LogP contribution in [0.2, 0.25) is 0 Å². The lowest BCUT2D eigenvalue weighted by atomic mass is 10.1. The van der Waals surface area contributed by atoms with Gasteiger partial charge in [0.2, 0.25) is 5.91 Å². The summed E-state index contributed by atoms with van der Waals surface area (Å²) in [5, 5.41) is 11.0. The Hall–Kier alpha value is -1.58. The summed E-state index contributed by atoms with van der Waals surface area (Å²) in [6, 6.07) is -0.857. The van der Waals surface area contributed by atoms with E-state index in [4.69, 9.17) is 5.11 Å². The number of aliphatic carboxylic acids is 1. The van der Waals surface area contributed by atoms with Crippen molar-refractivity contribution in [2.45, 2.75) is 46.6 Å². The number of hydrogen-bond donors (Lipinski definition) is 2. The SMILES string of the molecule is CC(C)=CCCC(C)=CC(=O)N[C@@H](C)C(=O)O. The fourth-order valence-electron chi connectivity index (χ4n) is 1.20. The molecule has 4 heteroatoms. The average molecular weight is 239 g/mol. The molecule has 0 rings (SSSR count). The summed E-state index contributed by atoms with van der Waals surface area (Å²) in [5.41, 5.74) is 2.19. The maximum absolute atomic E-state index is 11.4. The molecule has 1 amide bonds. The van der Waals surface area contributed by atoms with E-state index < -0.39 is 12.0 Å². The molecule has 1 atom stereocenters. The molecule has 0 radical (unpaired) electrons. The van der Waals surface area contributed by atoms with Gasteiger partial charge in [0, 0.05) is 6.08 Å². The van der Waals surface area contributed by atoms with Crippen molar-refractivity contribution in [3.8, 4) is 0 Å². The second-order valence-electron chi connectivity index (χ2n) is 4.38. The highest BCUT2D eigenvalue weighted by Gasteiger charge is 2.11. The summed E-state index contributed by atoms with van der Waals surface area (Å²) in [6.45, 7) is 7.36. The van der Waals surface area contributed by atoms with Crippen LogP contribution in [0.3, 0.4) is 0 Å². The molecule has 4 nitrogen and oxygen atoms in total. The third-order valence-electron chi connectivity index (χ3n) is 2.20. The van der Waals surface area contributed by atoms with Gasteiger partial charge in [-0.15, -0.1) is 0 Å². The summed E-state index contributed by atoms with van der Waals surface area (Å²) in [7, 11) is 0. The van der Waals surface area contributed by atoms with E-state index in [0.29, 0.717) is 0 Å². The zero-order valence-electron chi connectivity index (χ0n) is 10.9. The minimum atomic E-state index is -1.03. The quantitative estimate of drug-likeness (QED) is 0.552. The molecule has 0 saturated carbocycles. The Morgan fingerprint density at radius 3 is 2.35 bits per heavy atom. The van der Waals surface area contributed by atoms with E-state index in [2.05, 4.69) is 11.4 Å². The Morgan fingerprint density at radius 1 is 1.29 bits per heavy atom. The fourth-order valence-corrected chi connectivity index (χ4v) is 1.20. The average Bonchev–Trinajstić information content (AvgIpc) is 2.16. The van der Waals surface area contributed by atoms with Crippen molar-refractivity contribution in [2.24, 2.45) is 0 Å². The maximum atomic E-state index is 11.4. The molecular weight excluding hydrogens is 218 g/mol. The third kappa shape index (κ3) is 8.25. The molecule has 17 heavy (non-hydrogen) atoms. The van der Waals surface area contributed by atoms with Gasteiger partial charge in [-0.2, -0.15) is 0 Å². The maximum Gasteiger partial charge on any atom is 0.325 e. The van der Waals surface area contributed by atoms with Gasteiger partial charge in [0.15, 0.2) is 0 Å². The number of amides is 1. The van der Waals surface area contributed by atoms with Crippen molar-refractivity contribution in [2.75, 3.05) is 0 Å². The number of hydrogen-bond acceptors (Lipinski definition) is 2. The number of carboxylic acid groups (broad SMARTS) is 1. The summed E-state index contributed by atoms with van der Waals surface area (Å²) in [6.07, 6.45) is 5.26. The first-order valence-electron chi connectivity index (χ1n) is 5.66. The molecule has 0 aromatic heterocycles. The zero-order valence-corrected chi connectivity index (χ0v) is 10.9. The lowest BCUT2D eigenvalue weighted by Crippen LogP contribution is -2.37. The van der Waals surface area contributed by atoms with Crippen LogP contribution in [-0.4, -0.2) is 23.0 Å². The van der Waals surface area contributed by atoms with E-state index in [0.717, 1.165) is 18.4 Å². The first kappa shape index (κ1) is 15.4. The van der Waals surface area contributed by atoms with Gasteiger partial charge in [-0.25, -0.2) is 0 Å². The van der Waals surface area contributed by atoms with Crippen LogP contribution in [0, 0.1) is 0 Å². The molecular formula is C13H21NO3. The largest absolute Gasteiger partial charge is 0.480 e. The highest BCUT2D eigenvalue weighted by atomic mass is 16.4. The second kappa shape index (κ2) is 7.65. The van der Waals surface area contributed by atoms with Gasteiger partial charge in [-0.3, -0.25) is 9.59 Å². The smallest absolute Gasteiger partial charge is 0.325 e. The number of carboxylic acids is 1. The van der Waals surface area contributed by atoms with Gasteiger partial charge in [0.05, 0.1) is 0 Å². The Bertz CT molecular complexity index is 339. The third-order valence-corrected chi connectivity index (χ3v) is 2.20. The molecule has 0 aromatic carbocycles. The molecule has 0 heterocycles. The van der Waals surface area contributed by atoms with Crippen molar-refractivity contribution in [1.82, 2.24) is 5.32 Å². The monoisotopic (exact) mass is 239 g/mol. The summed E-state index contributed by atoms with van der Waals surface area (Å²) >= 11 is 0. The van der Waals surface area contributed by atoms with Gasteiger partial charge >= 0.3 is 5.97 Å². The molecule has 0 saturated heterocycles. The molecule has 2 N–H and O–H groups in total. The Balaban J connectivity index is 4.15. The van der Waals surface area contributed by atoms with Crippen LogP contribution in [0.1, 0.15) is 40.5 Å². The van der Waals surface area contributed by atoms with Gasteiger partial charge in [-0.1, -0.05) is 17.2 Å². The van der Waals surface area contributed by atoms with Crippen LogP contribution in [0.4, 0.5) is 0 Å². The topological polar surface area (TPSA) is 66.4 Å². The van der Waals surface area contributed by atoms with E-state index in [-0.39, 0.29) is 5.91 Å². The Kier molecular flexibility index (Phi) is 6.94. The standard InChI is InChI=1S/C13H21NO3/c1-9(2)6-5-7-10(3)8-12(15)14-11(4)13(16)17/h6,8,11H,5,7H2,1-4H3,(H,14,15)(H,16,17)/t11-/m0/s1. The predicted octanol–water partition coefficient (Wildman–Crippen LogP) is 2.27. The van der Waals surface area contributed by atoms with Gasteiger partial charge < -0.3 is 10.4 Å². The van der Waals surface area contributed by atoms with Crippen molar-refractivity contribution in [3.05, 3.63) is 23.3 Å². The van der Waals surface area contributed by atoms with Crippen LogP contribution in [0.25, 0.3) is 0 Å². The molecule has 0 spiro atoms. The van der Waals surface area contributed by atoms with Crippen molar-refractivity contribution < 1.29 is 14.7 Å². The fraction of sp³-hybridized carbons (Fsp3) is 0.538. The van der Waals surface area contributed by atoms with E-state index in [9.17, 15) is 9.59 Å². The summed E-state index contributed by atoms with van der Waals surface area (Å²) in [5.74, 6) is -1.39. The van der Waals surface area contributed by atoms with Crippen LogP contribution in [0.15, 0.2) is 23.3 Å². The summed E-state index contributed by atoms with van der Waals surface area (Å²) < 4.78 is 0. The minimum Gasteiger partial charge on any atom is -0.480 e. The molecule has 0 aliphatic heterocycles. The Labute approximate surface area is 102 Å². The van der Waals surface area contributed by atoms with Crippen molar-refractivity contribution in [3.63, 3.8) is 0 Å². The number of nitrogens with one attached hydrogen (secondary N) is 1. The van der Waals surface area contributed by atoms with E-state index >= 15 is 0 Å². The predicted molar refractivity (Wildman–Crippen MR) is 67.7 cm³/mol. The van der Waals surface area contributed by atoms with Gasteiger partial charge in [-0.05, 0) is 40.5 Å². The van der Waals surface area contributed by atoms with E-state index in [1.165, 1.54) is 18.6 Å². The molecule has 0 fully saturated rings. The molecule has 0 aromatic rings. The Morgan fingerprint density at radius 2 is 1.88 bits per heavy atom. The molecule has 0 bridgehead atoms. The van der Waals surface area contributed by atoms with E-state index in [1.807, 2.05) is 20.8 Å². The van der Waals surface area contributed by atoms with Crippen LogP contribution in [0.5, 0.6) is 0 Å². The van der Waals surface area contributed by atoms with Crippen molar-refractivity contribution in [1.29, 1.82) is 0 Å². The van der Waals surface area contributed by atoms with Crippen LogP contribution >= 0.6 is 0 Å². The molecule has 0 unspecified atom stereocenters. The highest BCUT2D eigenvalue weighted by Crippen LogP contribution is 2.06.